The second kappa shape index (κ2) is 7.65. The Morgan fingerprint density at radius 2 is 1.52 bits per heavy atom. The minimum absolute atomic E-state index is 0.292. The van der Waals surface area contributed by atoms with Gasteiger partial charge in [0.15, 0.2) is 0 Å². The van der Waals surface area contributed by atoms with E-state index in [4.69, 9.17) is 17.3 Å². The topological polar surface area (TPSA) is 37.3 Å². The van der Waals surface area contributed by atoms with Crippen LogP contribution >= 0.6 is 12.2 Å². The summed E-state index contributed by atoms with van der Waals surface area (Å²) in [7, 11) is 0. The Morgan fingerprint density at radius 3 is 1.96 bits per heavy atom. The summed E-state index contributed by atoms with van der Waals surface area (Å²) in [5, 5.41) is 8.87. The third-order valence-corrected chi connectivity index (χ3v) is 3.94. The van der Waals surface area contributed by atoms with Gasteiger partial charge in [-0.2, -0.15) is 0 Å². The normalized spacial score (nSPS) is 10.7. The van der Waals surface area contributed by atoms with Crippen molar-refractivity contribution in [3.05, 3.63) is 82.9 Å². The van der Waals surface area contributed by atoms with Gasteiger partial charge in [0, 0.05) is 11.3 Å². The highest BCUT2D eigenvalue weighted by Gasteiger charge is 2.01. The van der Waals surface area contributed by atoms with Crippen molar-refractivity contribution in [1.82, 2.24) is 0 Å². The number of rotatable bonds is 6. The van der Waals surface area contributed by atoms with Gasteiger partial charge in [0.2, 0.25) is 0 Å². The summed E-state index contributed by atoms with van der Waals surface area (Å²) >= 11 is 5.28. The Labute approximate surface area is 141 Å². The van der Waals surface area contributed by atoms with Crippen molar-refractivity contribution in [3.8, 4) is 0 Å². The van der Waals surface area contributed by atoms with Gasteiger partial charge in [-0.25, -0.2) is 4.79 Å². The number of hydrogen-bond donors (Lipinski definition) is 1. The summed E-state index contributed by atoms with van der Waals surface area (Å²) in [6.45, 7) is 5.79. The zero-order valence-electron chi connectivity index (χ0n) is 13.0. The standard InChI is InChI=1S/C20H18O2S/c1-14(2)19(23)13-17-7-5-15(6-8-17)3-4-16-9-11-18(12-10-16)20(21)22/h3-12H,1,13H2,2H3,(H,21,22). The highest BCUT2D eigenvalue weighted by Crippen LogP contribution is 2.12. The van der Waals surface area contributed by atoms with E-state index in [0.717, 1.165) is 28.0 Å². The Hall–Kier alpha value is -2.52. The maximum atomic E-state index is 10.8. The molecule has 2 rings (SSSR count). The Morgan fingerprint density at radius 1 is 1.04 bits per heavy atom. The molecule has 2 aromatic carbocycles. The number of carbonyl (C=O) groups is 1. The monoisotopic (exact) mass is 322 g/mol. The summed E-state index contributed by atoms with van der Waals surface area (Å²) in [5.74, 6) is -0.913. The van der Waals surface area contributed by atoms with Crippen LogP contribution in [0.4, 0.5) is 0 Å². The average molecular weight is 322 g/mol. The first-order valence-electron chi connectivity index (χ1n) is 7.25. The summed E-state index contributed by atoms with van der Waals surface area (Å²) in [5.41, 5.74) is 4.44. The number of allylic oxidation sites excluding steroid dienone is 1. The van der Waals surface area contributed by atoms with Crippen LogP contribution in [0.15, 0.2) is 60.7 Å². The molecule has 0 aliphatic rings. The molecular formula is C20H18O2S. The lowest BCUT2D eigenvalue weighted by molar-refractivity contribution is 0.0697. The molecule has 0 saturated heterocycles. The van der Waals surface area contributed by atoms with Crippen molar-refractivity contribution in [1.29, 1.82) is 0 Å². The van der Waals surface area contributed by atoms with Gasteiger partial charge < -0.3 is 5.11 Å². The first-order chi connectivity index (χ1) is 11.0. The van der Waals surface area contributed by atoms with Gasteiger partial charge in [0.25, 0.3) is 0 Å². The van der Waals surface area contributed by atoms with Gasteiger partial charge in [-0.3, -0.25) is 0 Å². The van der Waals surface area contributed by atoms with E-state index in [2.05, 4.69) is 18.7 Å². The first-order valence-corrected chi connectivity index (χ1v) is 7.65. The number of thiocarbonyl (C=S) groups is 1. The summed E-state index contributed by atoms with van der Waals surface area (Å²) < 4.78 is 0. The molecule has 0 aromatic heterocycles. The number of hydrogen-bond acceptors (Lipinski definition) is 2. The van der Waals surface area contributed by atoms with Crippen molar-refractivity contribution < 1.29 is 9.90 Å². The number of benzene rings is 2. The maximum Gasteiger partial charge on any atom is 0.335 e. The lowest BCUT2D eigenvalue weighted by atomic mass is 10.0. The second-order valence-electron chi connectivity index (χ2n) is 5.38. The average Bonchev–Trinajstić information content (AvgIpc) is 2.54. The summed E-state index contributed by atoms with van der Waals surface area (Å²) in [4.78, 5) is 11.7. The van der Waals surface area contributed by atoms with Crippen molar-refractivity contribution in [2.75, 3.05) is 0 Å². The molecule has 0 fully saturated rings. The molecule has 0 bridgehead atoms. The van der Waals surface area contributed by atoms with Gasteiger partial charge in [-0.15, -0.1) is 0 Å². The zero-order chi connectivity index (χ0) is 16.8. The summed E-state index contributed by atoms with van der Waals surface area (Å²) in [6, 6.07) is 15.0. The molecule has 0 saturated carbocycles. The Bertz CT molecular complexity index is 753. The summed E-state index contributed by atoms with van der Waals surface area (Å²) in [6.07, 6.45) is 4.70. The highest BCUT2D eigenvalue weighted by atomic mass is 32.1. The lowest BCUT2D eigenvalue weighted by Gasteiger charge is -2.03. The molecule has 0 aliphatic carbocycles. The largest absolute Gasteiger partial charge is 0.478 e. The zero-order valence-corrected chi connectivity index (χ0v) is 13.8. The van der Waals surface area contributed by atoms with Gasteiger partial charge in [-0.05, 0) is 41.3 Å². The molecule has 0 amide bonds. The maximum absolute atomic E-state index is 10.8. The number of carboxylic acid groups (broad SMARTS) is 1. The van der Waals surface area contributed by atoms with Crippen LogP contribution in [0.25, 0.3) is 12.2 Å². The van der Waals surface area contributed by atoms with E-state index in [9.17, 15) is 4.79 Å². The van der Waals surface area contributed by atoms with E-state index in [-0.39, 0.29) is 0 Å². The van der Waals surface area contributed by atoms with E-state index >= 15 is 0 Å². The highest BCUT2D eigenvalue weighted by molar-refractivity contribution is 7.80. The van der Waals surface area contributed by atoms with Gasteiger partial charge >= 0.3 is 5.97 Å². The van der Waals surface area contributed by atoms with Crippen molar-refractivity contribution in [2.45, 2.75) is 13.3 Å². The van der Waals surface area contributed by atoms with E-state index < -0.39 is 5.97 Å². The molecule has 0 unspecified atom stereocenters. The predicted octanol–water partition coefficient (Wildman–Crippen LogP) is 5.04. The van der Waals surface area contributed by atoms with Gasteiger partial charge in [-0.1, -0.05) is 67.3 Å². The fourth-order valence-corrected chi connectivity index (χ4v) is 2.18. The number of carboxylic acids is 1. The fourth-order valence-electron chi connectivity index (χ4n) is 2.01. The number of aromatic carboxylic acids is 1. The molecule has 0 radical (unpaired) electrons. The smallest absolute Gasteiger partial charge is 0.335 e. The van der Waals surface area contributed by atoms with Crippen LogP contribution in [0.5, 0.6) is 0 Å². The molecular weight excluding hydrogens is 304 g/mol. The van der Waals surface area contributed by atoms with Crippen LogP contribution in [0.2, 0.25) is 0 Å². The molecule has 23 heavy (non-hydrogen) atoms. The van der Waals surface area contributed by atoms with Crippen molar-refractivity contribution >= 4 is 35.2 Å². The van der Waals surface area contributed by atoms with Crippen LogP contribution < -0.4 is 0 Å². The molecule has 1 N–H and O–H groups in total. The second-order valence-corrected chi connectivity index (χ2v) is 5.88. The van der Waals surface area contributed by atoms with Crippen LogP contribution in [0, 0.1) is 0 Å². The Kier molecular flexibility index (Phi) is 5.61. The van der Waals surface area contributed by atoms with E-state index in [1.807, 2.05) is 31.2 Å². The third kappa shape index (κ3) is 5.01. The Balaban J connectivity index is 2.04. The lowest BCUT2D eigenvalue weighted by Crippen LogP contribution is -2.00. The minimum atomic E-state index is -0.913. The van der Waals surface area contributed by atoms with E-state index in [1.165, 1.54) is 5.56 Å². The van der Waals surface area contributed by atoms with Gasteiger partial charge in [0.05, 0.1) is 5.56 Å². The quantitative estimate of drug-likeness (QED) is 0.460. The third-order valence-electron chi connectivity index (χ3n) is 3.45. The fraction of sp³-hybridized carbons (Fsp3) is 0.100. The molecule has 3 heteroatoms. The molecule has 0 aliphatic heterocycles. The molecule has 0 heterocycles. The van der Waals surface area contributed by atoms with Crippen LogP contribution in [0.1, 0.15) is 34.0 Å². The van der Waals surface area contributed by atoms with Crippen molar-refractivity contribution in [3.63, 3.8) is 0 Å². The van der Waals surface area contributed by atoms with Gasteiger partial charge in [0.1, 0.15) is 0 Å². The first kappa shape index (κ1) is 16.8. The molecule has 0 spiro atoms. The minimum Gasteiger partial charge on any atom is -0.478 e. The van der Waals surface area contributed by atoms with E-state index in [1.54, 1.807) is 24.3 Å². The molecule has 2 nitrogen and oxygen atoms in total. The van der Waals surface area contributed by atoms with E-state index in [0.29, 0.717) is 5.56 Å². The van der Waals surface area contributed by atoms with Crippen LogP contribution in [0.3, 0.4) is 0 Å². The predicted molar refractivity (Wildman–Crippen MR) is 99.9 cm³/mol. The van der Waals surface area contributed by atoms with Crippen LogP contribution in [-0.4, -0.2) is 15.9 Å². The SMILES string of the molecule is C=C(C)C(=S)Cc1ccc(C=Cc2ccc(C(=O)O)cc2)cc1. The molecule has 116 valence electrons. The molecule has 2 aromatic rings. The van der Waals surface area contributed by atoms with Crippen molar-refractivity contribution in [2.24, 2.45) is 0 Å². The molecule has 0 atom stereocenters. The van der Waals surface area contributed by atoms with Crippen LogP contribution in [-0.2, 0) is 6.42 Å².